The van der Waals surface area contributed by atoms with E-state index in [1.165, 1.54) is 11.3 Å². The highest BCUT2D eigenvalue weighted by Crippen LogP contribution is 2.40. The van der Waals surface area contributed by atoms with Gasteiger partial charge in [0, 0.05) is 30.7 Å². The standard InChI is InChI=1S/C26H28ClN3O3S.BrH/c27-21-7-4-6-20(18-21)23-24(28-19-34-23)29-25(31)33-26-10-14-30(15-11-26,16-12-26)13-5-17-32-22-8-2-1-3-9-22;/h1-4,6-9,18-19H,5,10-17H2;1H. The number of nitrogens with one attached hydrogen (secondary N) is 1. The Morgan fingerprint density at radius 3 is 2.54 bits per heavy atom. The average molecular weight is 579 g/mol. The number of benzene rings is 2. The fraction of sp³-hybridized carbons (Fsp3) is 0.385. The van der Waals surface area contributed by atoms with Crippen molar-refractivity contribution >= 4 is 34.8 Å². The molecule has 3 aromatic rings. The second-order valence-corrected chi connectivity index (χ2v) is 10.5. The number of nitrogens with zero attached hydrogens (tertiary/aromatic N) is 2. The molecule has 3 aliphatic rings. The zero-order valence-corrected chi connectivity index (χ0v) is 22.6. The second-order valence-electron chi connectivity index (χ2n) is 9.24. The molecule has 3 saturated heterocycles. The molecule has 4 heterocycles. The highest BCUT2D eigenvalue weighted by atomic mass is 79.9. The monoisotopic (exact) mass is 577 g/mol. The molecular formula is C26H29BrClN3O3S. The number of ether oxygens (including phenoxy) is 2. The topological polar surface area (TPSA) is 60.5 Å². The Labute approximate surface area is 225 Å². The molecule has 2 aromatic carbocycles. The molecule has 0 radical (unpaired) electrons. The predicted molar refractivity (Wildman–Crippen MR) is 136 cm³/mol. The van der Waals surface area contributed by atoms with E-state index in [4.69, 9.17) is 21.1 Å². The summed E-state index contributed by atoms with van der Waals surface area (Å²) in [4.78, 5) is 18.0. The Kier molecular flexibility index (Phi) is 8.37. The first-order chi connectivity index (χ1) is 16.5. The number of hydrogen-bond donors (Lipinski definition) is 1. The molecular weight excluding hydrogens is 550 g/mol. The molecule has 1 aromatic heterocycles. The van der Waals surface area contributed by atoms with Crippen LogP contribution in [0, 0.1) is 0 Å². The number of aromatic nitrogens is 1. The molecule has 1 amide bonds. The van der Waals surface area contributed by atoms with Gasteiger partial charge in [0.25, 0.3) is 0 Å². The van der Waals surface area contributed by atoms with E-state index in [1.807, 2.05) is 54.6 Å². The van der Waals surface area contributed by atoms with Gasteiger partial charge in [-0.05, 0) is 29.8 Å². The van der Waals surface area contributed by atoms with E-state index in [0.29, 0.717) is 10.8 Å². The number of carbonyl (C=O) groups excluding carboxylic acids is 1. The van der Waals surface area contributed by atoms with Crippen molar-refractivity contribution in [3.8, 4) is 16.2 Å². The zero-order chi connectivity index (χ0) is 23.4. The van der Waals surface area contributed by atoms with Gasteiger partial charge in [-0.25, -0.2) is 9.78 Å². The summed E-state index contributed by atoms with van der Waals surface area (Å²) in [5.74, 6) is 1.45. The van der Waals surface area contributed by atoms with Crippen molar-refractivity contribution in [2.24, 2.45) is 0 Å². The number of anilines is 1. The van der Waals surface area contributed by atoms with E-state index in [9.17, 15) is 4.79 Å². The maximum atomic E-state index is 12.8. The van der Waals surface area contributed by atoms with Crippen LogP contribution in [0.3, 0.4) is 0 Å². The first kappa shape index (κ1) is 25.9. The van der Waals surface area contributed by atoms with Crippen LogP contribution in [0.25, 0.3) is 10.4 Å². The summed E-state index contributed by atoms with van der Waals surface area (Å²) in [5.41, 5.74) is 2.28. The lowest BCUT2D eigenvalue weighted by Gasteiger charge is -2.53. The summed E-state index contributed by atoms with van der Waals surface area (Å²) in [6.07, 6.45) is 3.31. The van der Waals surface area contributed by atoms with E-state index >= 15 is 0 Å². The van der Waals surface area contributed by atoms with Gasteiger partial charge in [-0.3, -0.25) is 5.32 Å². The van der Waals surface area contributed by atoms with Crippen molar-refractivity contribution in [1.82, 2.24) is 4.98 Å². The summed E-state index contributed by atoms with van der Waals surface area (Å²) in [7, 11) is 0. The first-order valence-corrected chi connectivity index (χ1v) is 13.0. The maximum Gasteiger partial charge on any atom is 0.413 e. The van der Waals surface area contributed by atoms with E-state index in [-0.39, 0.29) is 22.6 Å². The Hall–Kier alpha value is -2.13. The quantitative estimate of drug-likeness (QED) is 0.329. The minimum Gasteiger partial charge on any atom is -1.00 e. The molecule has 3 fully saturated rings. The number of piperidine rings is 3. The number of quaternary nitrogens is 1. The maximum absolute atomic E-state index is 12.8. The lowest BCUT2D eigenvalue weighted by Crippen LogP contribution is -3.00. The number of para-hydroxylation sites is 1. The van der Waals surface area contributed by atoms with Gasteiger partial charge in [0.05, 0.1) is 43.2 Å². The molecule has 2 bridgehead atoms. The Morgan fingerprint density at radius 1 is 1.09 bits per heavy atom. The van der Waals surface area contributed by atoms with Crippen LogP contribution in [-0.4, -0.2) is 53.9 Å². The second kappa shape index (κ2) is 11.3. The minimum absolute atomic E-state index is 0. The summed E-state index contributed by atoms with van der Waals surface area (Å²) in [6, 6.07) is 17.5. The third kappa shape index (κ3) is 6.17. The number of hydrogen-bond acceptors (Lipinski definition) is 5. The summed E-state index contributed by atoms with van der Waals surface area (Å²) in [6.45, 7) is 4.98. The fourth-order valence-electron chi connectivity index (χ4n) is 5.12. The Bertz CT molecular complexity index is 1120. The Morgan fingerprint density at radius 2 is 1.83 bits per heavy atom. The van der Waals surface area contributed by atoms with Gasteiger partial charge >= 0.3 is 6.09 Å². The van der Waals surface area contributed by atoms with E-state index < -0.39 is 6.09 Å². The van der Waals surface area contributed by atoms with Crippen LogP contribution in [0.4, 0.5) is 10.6 Å². The van der Waals surface area contributed by atoms with Crippen molar-refractivity contribution in [2.45, 2.75) is 31.3 Å². The van der Waals surface area contributed by atoms with E-state index in [0.717, 1.165) is 79.1 Å². The van der Waals surface area contributed by atoms with E-state index in [2.05, 4.69) is 10.3 Å². The molecule has 6 nitrogen and oxygen atoms in total. The molecule has 0 spiro atoms. The van der Waals surface area contributed by atoms with Crippen LogP contribution in [0.5, 0.6) is 5.75 Å². The molecule has 0 atom stereocenters. The van der Waals surface area contributed by atoms with Crippen molar-refractivity contribution in [3.05, 3.63) is 65.1 Å². The van der Waals surface area contributed by atoms with Crippen molar-refractivity contribution in [2.75, 3.05) is 38.1 Å². The molecule has 3 aliphatic heterocycles. The van der Waals surface area contributed by atoms with Crippen LogP contribution < -0.4 is 27.0 Å². The molecule has 0 unspecified atom stereocenters. The zero-order valence-electron chi connectivity index (χ0n) is 19.4. The number of rotatable bonds is 8. The molecule has 0 saturated carbocycles. The largest absolute Gasteiger partial charge is 1.00 e. The fourth-order valence-corrected chi connectivity index (χ4v) is 6.05. The van der Waals surface area contributed by atoms with Crippen LogP contribution in [0.15, 0.2) is 60.1 Å². The van der Waals surface area contributed by atoms with Gasteiger partial charge in [-0.2, -0.15) is 0 Å². The smallest absolute Gasteiger partial charge is 0.413 e. The van der Waals surface area contributed by atoms with Gasteiger partial charge in [-0.1, -0.05) is 41.9 Å². The summed E-state index contributed by atoms with van der Waals surface area (Å²) in [5, 5.41) is 3.52. The highest BCUT2D eigenvalue weighted by molar-refractivity contribution is 7.13. The number of thiazole rings is 1. The average Bonchev–Trinajstić information content (AvgIpc) is 3.32. The van der Waals surface area contributed by atoms with Gasteiger partial charge < -0.3 is 30.9 Å². The molecule has 9 heteroatoms. The molecule has 6 rings (SSSR count). The number of carbonyl (C=O) groups is 1. The molecule has 0 aliphatic carbocycles. The number of amides is 1. The van der Waals surface area contributed by atoms with Crippen LogP contribution in [-0.2, 0) is 4.74 Å². The number of fused-ring (bicyclic) bond motifs is 3. The lowest BCUT2D eigenvalue weighted by molar-refractivity contribution is -0.944. The summed E-state index contributed by atoms with van der Waals surface area (Å²) < 4.78 is 13.0. The SMILES string of the molecule is O=C(Nc1ncsc1-c1cccc(Cl)c1)OC12CC[N+](CCCOc3ccccc3)(CC1)CC2.[Br-]. The van der Waals surface area contributed by atoms with Gasteiger partial charge in [0.2, 0.25) is 0 Å². The predicted octanol–water partition coefficient (Wildman–Crippen LogP) is 3.24. The normalized spacial score (nSPS) is 22.8. The van der Waals surface area contributed by atoms with Crippen molar-refractivity contribution < 1.29 is 35.7 Å². The van der Waals surface area contributed by atoms with E-state index in [1.54, 1.807) is 5.51 Å². The van der Waals surface area contributed by atoms with Crippen molar-refractivity contribution in [3.63, 3.8) is 0 Å². The number of halogens is 2. The highest BCUT2D eigenvalue weighted by Gasteiger charge is 2.51. The van der Waals surface area contributed by atoms with Gasteiger partial charge in [0.1, 0.15) is 11.4 Å². The van der Waals surface area contributed by atoms with Crippen LogP contribution >= 0.6 is 22.9 Å². The molecule has 186 valence electrons. The third-order valence-electron chi connectivity index (χ3n) is 7.10. The lowest BCUT2D eigenvalue weighted by atomic mass is 9.81. The minimum atomic E-state index is -0.424. The third-order valence-corrected chi connectivity index (χ3v) is 8.21. The Balaban J connectivity index is 0.00000289. The summed E-state index contributed by atoms with van der Waals surface area (Å²) >= 11 is 7.60. The first-order valence-electron chi connectivity index (χ1n) is 11.8. The van der Waals surface area contributed by atoms with Gasteiger partial charge in [0.15, 0.2) is 5.82 Å². The molecule has 1 N–H and O–H groups in total. The molecule has 35 heavy (non-hydrogen) atoms. The van der Waals surface area contributed by atoms with Crippen LogP contribution in [0.2, 0.25) is 5.02 Å². The van der Waals surface area contributed by atoms with Crippen LogP contribution in [0.1, 0.15) is 25.7 Å². The van der Waals surface area contributed by atoms with Crippen molar-refractivity contribution in [1.29, 1.82) is 0 Å². The van der Waals surface area contributed by atoms with Gasteiger partial charge in [-0.15, -0.1) is 11.3 Å².